The van der Waals surface area contributed by atoms with Crippen molar-refractivity contribution in [3.8, 4) is 5.75 Å². The fourth-order valence-corrected chi connectivity index (χ4v) is 2.68. The van der Waals surface area contributed by atoms with Gasteiger partial charge in [0.2, 0.25) is 0 Å². The molecule has 0 bridgehead atoms. The van der Waals surface area contributed by atoms with E-state index in [0.717, 1.165) is 12.0 Å². The Bertz CT molecular complexity index is 803. The first-order valence-corrected chi connectivity index (χ1v) is 8.34. The van der Waals surface area contributed by atoms with Crippen LogP contribution < -0.4 is 10.6 Å². The predicted octanol–water partition coefficient (Wildman–Crippen LogP) is 3.86. The van der Waals surface area contributed by atoms with Crippen molar-refractivity contribution < 1.29 is 14.7 Å². The Morgan fingerprint density at radius 3 is 2.44 bits per heavy atom. The highest BCUT2D eigenvalue weighted by atomic mass is 35.5. The van der Waals surface area contributed by atoms with E-state index in [9.17, 15) is 14.7 Å². The van der Waals surface area contributed by atoms with E-state index in [1.807, 2.05) is 0 Å². The lowest BCUT2D eigenvalue weighted by molar-refractivity contribution is 0.0962. The number of anilines is 1. The molecule has 2 amide bonds. The lowest BCUT2D eigenvalue weighted by atomic mass is 10.00. The first-order chi connectivity index (χ1) is 11.8. The summed E-state index contributed by atoms with van der Waals surface area (Å²) in [6, 6.07) is 9.60. The van der Waals surface area contributed by atoms with Crippen molar-refractivity contribution >= 4 is 29.1 Å². The van der Waals surface area contributed by atoms with Crippen molar-refractivity contribution in [2.24, 2.45) is 5.92 Å². The highest BCUT2D eigenvalue weighted by molar-refractivity contribution is 6.34. The van der Waals surface area contributed by atoms with Crippen molar-refractivity contribution in [1.82, 2.24) is 5.32 Å². The molecule has 0 atom stereocenters. The average Bonchev–Trinajstić information content (AvgIpc) is 2.57. The molecule has 2 aromatic carbocycles. The van der Waals surface area contributed by atoms with Crippen LogP contribution in [-0.4, -0.2) is 24.0 Å². The predicted molar refractivity (Wildman–Crippen MR) is 99.4 cm³/mol. The van der Waals surface area contributed by atoms with Gasteiger partial charge >= 0.3 is 0 Å². The maximum absolute atomic E-state index is 12.5. The molecule has 0 radical (unpaired) electrons. The first-order valence-electron chi connectivity index (χ1n) is 7.96. The lowest BCUT2D eigenvalue weighted by Crippen LogP contribution is -2.18. The third kappa shape index (κ3) is 4.73. The van der Waals surface area contributed by atoms with Crippen LogP contribution in [0.3, 0.4) is 0 Å². The van der Waals surface area contributed by atoms with Crippen LogP contribution in [0.15, 0.2) is 36.4 Å². The van der Waals surface area contributed by atoms with Crippen molar-refractivity contribution in [3.05, 3.63) is 58.1 Å². The summed E-state index contributed by atoms with van der Waals surface area (Å²) < 4.78 is 0. The minimum atomic E-state index is -0.460. The Labute approximate surface area is 152 Å². The van der Waals surface area contributed by atoms with Gasteiger partial charge in [0.15, 0.2) is 0 Å². The summed E-state index contributed by atoms with van der Waals surface area (Å²) in [7, 11) is 1.53. The molecule has 5 nitrogen and oxygen atoms in total. The molecule has 0 unspecified atom stereocenters. The number of rotatable bonds is 5. The summed E-state index contributed by atoms with van der Waals surface area (Å²) in [6.07, 6.45) is 0.808. The van der Waals surface area contributed by atoms with Crippen LogP contribution in [-0.2, 0) is 6.42 Å². The van der Waals surface area contributed by atoms with Crippen molar-refractivity contribution in [2.75, 3.05) is 12.4 Å². The number of aromatic hydroxyl groups is 1. The summed E-state index contributed by atoms with van der Waals surface area (Å²) in [5.74, 6) is -0.383. The molecule has 3 N–H and O–H groups in total. The highest BCUT2D eigenvalue weighted by Gasteiger charge is 2.15. The number of halogens is 1. The highest BCUT2D eigenvalue weighted by Crippen LogP contribution is 2.26. The second-order valence-corrected chi connectivity index (χ2v) is 6.58. The molecule has 132 valence electrons. The number of phenolic OH excluding ortho intramolecular Hbond substituents is 1. The van der Waals surface area contributed by atoms with E-state index >= 15 is 0 Å². The molecule has 25 heavy (non-hydrogen) atoms. The number of hydrogen-bond donors (Lipinski definition) is 3. The third-order valence-corrected chi connectivity index (χ3v) is 3.97. The molecule has 0 aliphatic carbocycles. The Hall–Kier alpha value is -2.53. The van der Waals surface area contributed by atoms with E-state index in [1.165, 1.54) is 19.2 Å². The molecular weight excluding hydrogens is 340 g/mol. The minimum Gasteiger partial charge on any atom is -0.507 e. The number of carbonyl (C=O) groups excluding carboxylic acids is 2. The number of hydrogen-bond acceptors (Lipinski definition) is 3. The first kappa shape index (κ1) is 18.8. The van der Waals surface area contributed by atoms with Gasteiger partial charge in [0, 0.05) is 12.6 Å². The fourth-order valence-electron chi connectivity index (χ4n) is 2.46. The Kier molecular flexibility index (Phi) is 6.04. The SMILES string of the molecule is CNC(=O)c1ccc(NC(=O)c2cc(CC(C)C)ccc2O)c(Cl)c1. The Morgan fingerprint density at radius 1 is 1.12 bits per heavy atom. The van der Waals surface area contributed by atoms with Gasteiger partial charge in [0.25, 0.3) is 11.8 Å². The van der Waals surface area contributed by atoms with E-state index in [4.69, 9.17) is 11.6 Å². The second kappa shape index (κ2) is 8.03. The molecule has 2 aromatic rings. The van der Waals surface area contributed by atoms with E-state index < -0.39 is 5.91 Å². The van der Waals surface area contributed by atoms with E-state index in [1.54, 1.807) is 24.3 Å². The molecule has 0 spiro atoms. The molecule has 0 aliphatic heterocycles. The van der Waals surface area contributed by atoms with Gasteiger partial charge in [-0.2, -0.15) is 0 Å². The number of amides is 2. The van der Waals surface area contributed by atoms with Gasteiger partial charge in [-0.05, 0) is 48.2 Å². The van der Waals surface area contributed by atoms with Crippen LogP contribution in [0.2, 0.25) is 5.02 Å². The van der Waals surface area contributed by atoms with E-state index in [2.05, 4.69) is 24.5 Å². The maximum Gasteiger partial charge on any atom is 0.259 e. The zero-order chi connectivity index (χ0) is 18.6. The third-order valence-electron chi connectivity index (χ3n) is 3.66. The molecule has 0 fully saturated rings. The second-order valence-electron chi connectivity index (χ2n) is 6.18. The van der Waals surface area contributed by atoms with E-state index in [-0.39, 0.29) is 22.2 Å². The monoisotopic (exact) mass is 360 g/mol. The zero-order valence-electron chi connectivity index (χ0n) is 14.4. The molecule has 6 heteroatoms. The largest absolute Gasteiger partial charge is 0.507 e. The standard InChI is InChI=1S/C19H21ClN2O3/c1-11(2)8-12-4-7-17(23)14(9-12)19(25)22-16-6-5-13(10-15(16)20)18(24)21-3/h4-7,9-11,23H,8H2,1-3H3,(H,21,24)(H,22,25). The van der Waals surface area contributed by atoms with Crippen LogP contribution in [0.25, 0.3) is 0 Å². The molecule has 0 saturated heterocycles. The number of nitrogens with one attached hydrogen (secondary N) is 2. The van der Waals surface area contributed by atoms with E-state index in [0.29, 0.717) is 17.2 Å². The smallest absolute Gasteiger partial charge is 0.259 e. The van der Waals surface area contributed by atoms with Crippen molar-refractivity contribution in [3.63, 3.8) is 0 Å². The van der Waals surface area contributed by atoms with Gasteiger partial charge in [-0.25, -0.2) is 0 Å². The van der Waals surface area contributed by atoms with Crippen LogP contribution >= 0.6 is 11.6 Å². The summed E-state index contributed by atoms with van der Waals surface area (Å²) in [6.45, 7) is 4.17. The zero-order valence-corrected chi connectivity index (χ0v) is 15.1. The van der Waals surface area contributed by atoms with Crippen LogP contribution in [0.1, 0.15) is 40.1 Å². The van der Waals surface area contributed by atoms with Gasteiger partial charge in [-0.1, -0.05) is 31.5 Å². The minimum absolute atomic E-state index is 0.0943. The summed E-state index contributed by atoms with van der Waals surface area (Å²) >= 11 is 6.14. The summed E-state index contributed by atoms with van der Waals surface area (Å²) in [5.41, 5.74) is 1.92. The average molecular weight is 361 g/mol. The van der Waals surface area contributed by atoms with Crippen LogP contribution in [0.5, 0.6) is 5.75 Å². The molecule has 0 aromatic heterocycles. The van der Waals surface area contributed by atoms with Gasteiger partial charge in [-0.15, -0.1) is 0 Å². The molecule has 0 saturated carbocycles. The van der Waals surface area contributed by atoms with Gasteiger partial charge < -0.3 is 15.7 Å². The van der Waals surface area contributed by atoms with Gasteiger partial charge in [0.05, 0.1) is 16.3 Å². The summed E-state index contributed by atoms with van der Waals surface area (Å²) in [5, 5.41) is 15.4. The molecule has 2 rings (SSSR count). The molecular formula is C19H21ClN2O3. The molecule has 0 aliphatic rings. The number of carbonyl (C=O) groups is 2. The Morgan fingerprint density at radius 2 is 1.84 bits per heavy atom. The van der Waals surface area contributed by atoms with Crippen molar-refractivity contribution in [2.45, 2.75) is 20.3 Å². The van der Waals surface area contributed by atoms with Gasteiger partial charge in [0.1, 0.15) is 5.75 Å². The van der Waals surface area contributed by atoms with Crippen LogP contribution in [0.4, 0.5) is 5.69 Å². The maximum atomic E-state index is 12.5. The van der Waals surface area contributed by atoms with Crippen LogP contribution in [0, 0.1) is 5.92 Å². The van der Waals surface area contributed by atoms with Gasteiger partial charge in [-0.3, -0.25) is 9.59 Å². The summed E-state index contributed by atoms with van der Waals surface area (Å²) in [4.78, 5) is 24.1. The number of benzene rings is 2. The molecule has 0 heterocycles. The quantitative estimate of drug-likeness (QED) is 0.757. The number of phenols is 1. The normalized spacial score (nSPS) is 10.6. The lowest BCUT2D eigenvalue weighted by Gasteiger charge is -2.12. The van der Waals surface area contributed by atoms with Crippen molar-refractivity contribution in [1.29, 1.82) is 0 Å². The fraction of sp³-hybridized carbons (Fsp3) is 0.263. The topological polar surface area (TPSA) is 78.4 Å². The Balaban J connectivity index is 2.23.